The van der Waals surface area contributed by atoms with Crippen LogP contribution in [0.1, 0.15) is 38.8 Å². The lowest BCUT2D eigenvalue weighted by atomic mass is 9.94. The minimum atomic E-state index is 0.0334. The van der Waals surface area contributed by atoms with E-state index in [0.717, 1.165) is 23.8 Å². The van der Waals surface area contributed by atoms with Gasteiger partial charge < -0.3 is 4.42 Å². The molecule has 4 heteroatoms. The van der Waals surface area contributed by atoms with Gasteiger partial charge in [0, 0.05) is 29.2 Å². The number of hydrogen-bond donors (Lipinski definition) is 0. The topological polar surface area (TPSA) is 38.4 Å². The van der Waals surface area contributed by atoms with Crippen LogP contribution >= 0.6 is 11.8 Å². The molecule has 0 saturated heterocycles. The van der Waals surface area contributed by atoms with Gasteiger partial charge in [-0.25, -0.2) is 4.98 Å². The molecule has 0 aliphatic carbocycles. The molecule has 86 valence electrons. The van der Waals surface area contributed by atoms with Gasteiger partial charge in [0.05, 0.1) is 11.9 Å². The van der Waals surface area contributed by atoms with Crippen molar-refractivity contribution in [3.63, 3.8) is 0 Å². The summed E-state index contributed by atoms with van der Waals surface area (Å²) >= 11 is 1.74. The molecule has 2 heterocycles. The highest BCUT2D eigenvalue weighted by atomic mass is 32.2. The van der Waals surface area contributed by atoms with Crippen LogP contribution in [0.2, 0.25) is 0 Å². The lowest BCUT2D eigenvalue weighted by Gasteiger charge is -2.13. The molecule has 0 saturated carbocycles. The zero-order valence-electron chi connectivity index (χ0n) is 9.86. The second kappa shape index (κ2) is 4.45. The molecule has 0 bridgehead atoms. The molecule has 2 rings (SSSR count). The van der Waals surface area contributed by atoms with Crippen molar-refractivity contribution < 1.29 is 4.42 Å². The van der Waals surface area contributed by atoms with Crippen molar-refractivity contribution in [2.45, 2.75) is 38.4 Å². The van der Waals surface area contributed by atoms with E-state index in [1.165, 1.54) is 4.91 Å². The van der Waals surface area contributed by atoms with E-state index < -0.39 is 0 Å². The summed E-state index contributed by atoms with van der Waals surface area (Å²) in [6.07, 6.45) is 6.59. The summed E-state index contributed by atoms with van der Waals surface area (Å²) in [5.41, 5.74) is 0.0334. The molecule has 16 heavy (non-hydrogen) atoms. The molecule has 0 unspecified atom stereocenters. The molecule has 0 aromatic carbocycles. The maximum atomic E-state index is 5.71. The third-order valence-electron chi connectivity index (χ3n) is 2.29. The Morgan fingerprint density at radius 1 is 1.44 bits per heavy atom. The van der Waals surface area contributed by atoms with E-state index in [1.54, 1.807) is 11.8 Å². The van der Waals surface area contributed by atoms with E-state index in [-0.39, 0.29) is 5.41 Å². The predicted octanol–water partition coefficient (Wildman–Crippen LogP) is 3.52. The van der Waals surface area contributed by atoms with Crippen LogP contribution in [0.25, 0.3) is 0 Å². The molecule has 0 fully saturated rings. The van der Waals surface area contributed by atoms with Crippen molar-refractivity contribution in [2.24, 2.45) is 4.99 Å². The first-order chi connectivity index (χ1) is 7.55. The first kappa shape index (κ1) is 11.5. The van der Waals surface area contributed by atoms with Gasteiger partial charge in [-0.3, -0.25) is 4.99 Å². The molecule has 1 aromatic rings. The number of rotatable bonds is 3. The Kier molecular flexibility index (Phi) is 3.19. The van der Waals surface area contributed by atoms with Gasteiger partial charge >= 0.3 is 0 Å². The van der Waals surface area contributed by atoms with Gasteiger partial charge in [0.2, 0.25) is 5.89 Å². The zero-order valence-corrected chi connectivity index (χ0v) is 10.7. The number of oxazole rings is 1. The summed E-state index contributed by atoms with van der Waals surface area (Å²) in [7, 11) is 0. The minimum Gasteiger partial charge on any atom is -0.444 e. The second-order valence-electron chi connectivity index (χ2n) is 4.79. The monoisotopic (exact) mass is 236 g/mol. The Morgan fingerprint density at radius 3 is 2.81 bits per heavy atom. The predicted molar refractivity (Wildman–Crippen MR) is 67.7 cm³/mol. The molecule has 1 aliphatic rings. The highest BCUT2D eigenvalue weighted by molar-refractivity contribution is 8.02. The van der Waals surface area contributed by atoms with Gasteiger partial charge in [-0.1, -0.05) is 20.8 Å². The molecule has 0 N–H and O–H groups in total. The average Bonchev–Trinajstić information content (AvgIpc) is 2.85. The minimum absolute atomic E-state index is 0.0334. The van der Waals surface area contributed by atoms with Crippen LogP contribution < -0.4 is 0 Å². The van der Waals surface area contributed by atoms with Crippen molar-refractivity contribution in [3.8, 4) is 0 Å². The van der Waals surface area contributed by atoms with E-state index in [4.69, 9.17) is 4.42 Å². The summed E-state index contributed by atoms with van der Waals surface area (Å²) in [6, 6.07) is 0. The van der Waals surface area contributed by atoms with Crippen LogP contribution in [-0.2, 0) is 11.2 Å². The van der Waals surface area contributed by atoms with Crippen LogP contribution in [0.3, 0.4) is 0 Å². The van der Waals surface area contributed by atoms with Gasteiger partial charge in [0.1, 0.15) is 5.76 Å². The fourth-order valence-electron chi connectivity index (χ4n) is 1.31. The number of thioether (sulfide) groups is 1. The number of nitrogens with zero attached hydrogens (tertiary/aromatic N) is 2. The van der Waals surface area contributed by atoms with Gasteiger partial charge in [-0.15, -0.1) is 11.8 Å². The van der Waals surface area contributed by atoms with Crippen LogP contribution in [0, 0.1) is 0 Å². The molecular formula is C12H16N2OS. The second-order valence-corrected chi connectivity index (χ2v) is 5.89. The van der Waals surface area contributed by atoms with E-state index >= 15 is 0 Å². The Hall–Kier alpha value is -1.03. The number of aliphatic imine (C=N–C) groups is 1. The summed E-state index contributed by atoms with van der Waals surface area (Å²) in [5, 5.41) is 0. The number of allylic oxidation sites excluding steroid dienone is 1. The molecule has 1 aliphatic heterocycles. The largest absolute Gasteiger partial charge is 0.444 e. The van der Waals surface area contributed by atoms with E-state index in [0.29, 0.717) is 0 Å². The fraction of sp³-hybridized carbons (Fsp3) is 0.500. The summed E-state index contributed by atoms with van der Waals surface area (Å²) in [4.78, 5) is 9.62. The van der Waals surface area contributed by atoms with Crippen molar-refractivity contribution in [1.29, 1.82) is 0 Å². The quantitative estimate of drug-likeness (QED) is 0.806. The van der Waals surface area contributed by atoms with Crippen LogP contribution in [0.4, 0.5) is 0 Å². The molecule has 0 atom stereocenters. The normalized spacial score (nSPS) is 15.6. The molecular weight excluding hydrogens is 220 g/mol. The van der Waals surface area contributed by atoms with Crippen molar-refractivity contribution >= 4 is 18.0 Å². The van der Waals surface area contributed by atoms with Gasteiger partial charge in [-0.05, 0) is 0 Å². The summed E-state index contributed by atoms with van der Waals surface area (Å²) < 4.78 is 5.71. The SMILES string of the molecule is CC(C)(C)c1cnc(CSC2=CN=CC2)o1. The molecule has 3 nitrogen and oxygen atoms in total. The molecule has 0 radical (unpaired) electrons. The lowest BCUT2D eigenvalue weighted by molar-refractivity contribution is 0.391. The summed E-state index contributed by atoms with van der Waals surface area (Å²) in [6.45, 7) is 6.37. The summed E-state index contributed by atoms with van der Waals surface area (Å²) in [5.74, 6) is 2.52. The Morgan fingerprint density at radius 2 is 2.25 bits per heavy atom. The van der Waals surface area contributed by atoms with Gasteiger partial charge in [-0.2, -0.15) is 0 Å². The Bertz CT molecular complexity index is 426. The smallest absolute Gasteiger partial charge is 0.204 e. The average molecular weight is 236 g/mol. The molecule has 1 aromatic heterocycles. The van der Waals surface area contributed by atoms with Crippen molar-refractivity contribution in [2.75, 3.05) is 0 Å². The first-order valence-corrected chi connectivity index (χ1v) is 6.33. The van der Waals surface area contributed by atoms with Crippen LogP contribution in [0.15, 0.2) is 26.7 Å². The van der Waals surface area contributed by atoms with E-state index in [2.05, 4.69) is 30.7 Å². The van der Waals surface area contributed by atoms with Gasteiger partial charge in [0.25, 0.3) is 0 Å². The lowest BCUT2D eigenvalue weighted by Crippen LogP contribution is -2.09. The fourth-order valence-corrected chi connectivity index (χ4v) is 2.08. The van der Waals surface area contributed by atoms with E-state index in [9.17, 15) is 0 Å². The van der Waals surface area contributed by atoms with Crippen molar-refractivity contribution in [1.82, 2.24) is 4.98 Å². The highest BCUT2D eigenvalue weighted by Crippen LogP contribution is 2.28. The number of aromatic nitrogens is 1. The van der Waals surface area contributed by atoms with Crippen LogP contribution in [0.5, 0.6) is 0 Å². The Balaban J connectivity index is 1.93. The van der Waals surface area contributed by atoms with E-state index in [1.807, 2.05) is 18.6 Å². The maximum Gasteiger partial charge on any atom is 0.204 e. The molecule has 0 amide bonds. The zero-order chi connectivity index (χ0) is 11.6. The third kappa shape index (κ3) is 2.76. The first-order valence-electron chi connectivity index (χ1n) is 5.34. The number of hydrogen-bond acceptors (Lipinski definition) is 4. The Labute approximate surface area is 100 Å². The molecule has 0 spiro atoms. The highest BCUT2D eigenvalue weighted by Gasteiger charge is 2.19. The van der Waals surface area contributed by atoms with Crippen molar-refractivity contribution in [3.05, 3.63) is 29.0 Å². The van der Waals surface area contributed by atoms with Gasteiger partial charge in [0.15, 0.2) is 0 Å². The van der Waals surface area contributed by atoms with Crippen LogP contribution in [-0.4, -0.2) is 11.2 Å². The third-order valence-corrected chi connectivity index (χ3v) is 3.32. The standard InChI is InChI=1S/C12H16N2OS/c1-12(2,3)10-7-14-11(15-10)8-16-9-4-5-13-6-9/h5-7H,4,8H2,1-3H3. The maximum absolute atomic E-state index is 5.71.